The maximum Gasteiger partial charge on any atom is 0.188 e. The second-order valence-corrected chi connectivity index (χ2v) is 7.17. The highest BCUT2D eigenvalue weighted by Gasteiger charge is 2.45. The van der Waals surface area contributed by atoms with Gasteiger partial charge in [0.05, 0.1) is 18.6 Å². The van der Waals surface area contributed by atoms with Crippen LogP contribution in [0.15, 0.2) is 17.5 Å². The van der Waals surface area contributed by atoms with Gasteiger partial charge >= 0.3 is 0 Å². The molecule has 3 rings (SSSR count). The summed E-state index contributed by atoms with van der Waals surface area (Å²) >= 11 is 2.00. The standard InChI is InChI=1S/C16H26NS/c1-14-8-5-6-12-17(14,16-11-7-13-18-16)15-9-3-2-4-10-15/h7,11,13-15H,2-6,8-10,12H2,1H3/q+1. The molecule has 1 saturated carbocycles. The van der Waals surface area contributed by atoms with E-state index >= 15 is 0 Å². The quantitative estimate of drug-likeness (QED) is 0.662. The van der Waals surface area contributed by atoms with Crippen LogP contribution in [0, 0.1) is 0 Å². The van der Waals surface area contributed by atoms with Crippen molar-refractivity contribution in [2.24, 2.45) is 0 Å². The van der Waals surface area contributed by atoms with E-state index < -0.39 is 0 Å². The second-order valence-electron chi connectivity index (χ2n) is 6.24. The van der Waals surface area contributed by atoms with E-state index in [4.69, 9.17) is 0 Å². The van der Waals surface area contributed by atoms with Crippen molar-refractivity contribution >= 4 is 16.3 Å². The summed E-state index contributed by atoms with van der Waals surface area (Å²) in [4.78, 5) is 0. The average molecular weight is 264 g/mol. The van der Waals surface area contributed by atoms with Gasteiger partial charge in [-0.2, -0.15) is 0 Å². The predicted octanol–water partition coefficient (Wildman–Crippen LogP) is 4.96. The minimum absolute atomic E-state index is 0.834. The van der Waals surface area contributed by atoms with Crippen LogP contribution in [-0.2, 0) is 0 Å². The molecule has 2 heteroatoms. The Morgan fingerprint density at radius 2 is 1.83 bits per heavy atom. The molecule has 2 unspecified atom stereocenters. The van der Waals surface area contributed by atoms with Crippen molar-refractivity contribution in [3.63, 3.8) is 0 Å². The van der Waals surface area contributed by atoms with E-state index in [0.29, 0.717) is 0 Å². The molecule has 2 atom stereocenters. The Morgan fingerprint density at radius 1 is 1.06 bits per heavy atom. The van der Waals surface area contributed by atoms with Crippen LogP contribution in [0.1, 0.15) is 58.3 Å². The van der Waals surface area contributed by atoms with Gasteiger partial charge in [-0.05, 0) is 63.3 Å². The Hall–Kier alpha value is -0.340. The van der Waals surface area contributed by atoms with Crippen molar-refractivity contribution in [1.82, 2.24) is 4.48 Å². The topological polar surface area (TPSA) is 0 Å². The van der Waals surface area contributed by atoms with E-state index in [1.165, 1.54) is 62.4 Å². The van der Waals surface area contributed by atoms with Crippen molar-refractivity contribution < 1.29 is 0 Å². The molecule has 0 bridgehead atoms. The summed E-state index contributed by atoms with van der Waals surface area (Å²) < 4.78 is 1.33. The van der Waals surface area contributed by atoms with E-state index in [9.17, 15) is 0 Å². The molecule has 0 amide bonds. The van der Waals surface area contributed by atoms with Crippen LogP contribution in [0.5, 0.6) is 0 Å². The molecule has 0 spiro atoms. The number of nitrogens with zero attached hydrogens (tertiary/aromatic N) is 1. The normalized spacial score (nSPS) is 34.6. The maximum atomic E-state index is 2.51. The summed E-state index contributed by atoms with van der Waals surface area (Å²) in [6.45, 7) is 3.90. The third-order valence-corrected chi connectivity index (χ3v) is 6.34. The van der Waals surface area contributed by atoms with Crippen molar-refractivity contribution in [2.75, 3.05) is 6.54 Å². The van der Waals surface area contributed by atoms with Gasteiger partial charge in [0, 0.05) is 6.07 Å². The number of piperidine rings is 1. The van der Waals surface area contributed by atoms with Crippen LogP contribution in [-0.4, -0.2) is 18.6 Å². The van der Waals surface area contributed by atoms with E-state index in [-0.39, 0.29) is 0 Å². The molecule has 1 aromatic heterocycles. The first-order valence-electron chi connectivity index (χ1n) is 7.75. The largest absolute Gasteiger partial charge is 0.278 e. The zero-order chi connectivity index (χ0) is 12.4. The highest BCUT2D eigenvalue weighted by atomic mass is 32.1. The predicted molar refractivity (Wildman–Crippen MR) is 81.2 cm³/mol. The molecule has 2 aliphatic rings. The summed E-state index contributed by atoms with van der Waals surface area (Å²) in [6, 6.07) is 6.40. The van der Waals surface area contributed by atoms with Crippen LogP contribution in [0.3, 0.4) is 0 Å². The van der Waals surface area contributed by atoms with Gasteiger partial charge in [0.1, 0.15) is 0 Å². The molecular formula is C16H26NS+. The Labute approximate surface area is 115 Å². The number of likely N-dealkylation sites (tertiary alicyclic amines) is 1. The van der Waals surface area contributed by atoms with E-state index in [1.54, 1.807) is 5.00 Å². The minimum atomic E-state index is 0.834. The fourth-order valence-electron chi connectivity index (χ4n) is 4.36. The van der Waals surface area contributed by atoms with Gasteiger partial charge in [-0.3, -0.25) is 4.48 Å². The lowest BCUT2D eigenvalue weighted by Gasteiger charge is -2.51. The summed E-state index contributed by atoms with van der Waals surface area (Å²) in [7, 11) is 0. The Bertz CT molecular complexity index is 366. The summed E-state index contributed by atoms with van der Waals surface area (Å²) in [5.41, 5.74) is 0. The highest BCUT2D eigenvalue weighted by Crippen LogP contribution is 2.42. The smallest absolute Gasteiger partial charge is 0.188 e. The maximum absolute atomic E-state index is 2.51. The van der Waals surface area contributed by atoms with E-state index in [0.717, 1.165) is 12.1 Å². The van der Waals surface area contributed by atoms with Crippen molar-refractivity contribution in [1.29, 1.82) is 0 Å². The van der Waals surface area contributed by atoms with Crippen LogP contribution in [0.25, 0.3) is 0 Å². The molecule has 0 radical (unpaired) electrons. The lowest BCUT2D eigenvalue weighted by atomic mass is 9.87. The molecule has 18 heavy (non-hydrogen) atoms. The zero-order valence-corrected chi connectivity index (χ0v) is 12.4. The third-order valence-electron chi connectivity index (χ3n) is 5.33. The first-order valence-corrected chi connectivity index (χ1v) is 8.63. The zero-order valence-electron chi connectivity index (χ0n) is 11.6. The summed E-state index contributed by atoms with van der Waals surface area (Å²) in [5.74, 6) is 0. The second kappa shape index (κ2) is 5.34. The summed E-state index contributed by atoms with van der Waals surface area (Å²) in [5, 5.41) is 3.92. The Kier molecular flexibility index (Phi) is 3.76. The number of hydrogen-bond donors (Lipinski definition) is 0. The molecule has 0 aromatic carbocycles. The van der Waals surface area contributed by atoms with E-state index in [2.05, 4.69) is 24.4 Å². The van der Waals surface area contributed by atoms with Crippen LogP contribution >= 0.6 is 11.3 Å². The molecular weight excluding hydrogens is 238 g/mol. The lowest BCUT2D eigenvalue weighted by Crippen LogP contribution is -2.64. The fourth-order valence-corrected chi connectivity index (χ4v) is 5.43. The van der Waals surface area contributed by atoms with Gasteiger partial charge in [0.15, 0.2) is 5.00 Å². The number of quaternary nitrogens is 1. The monoisotopic (exact) mass is 264 g/mol. The fraction of sp³-hybridized carbons (Fsp3) is 0.750. The van der Waals surface area contributed by atoms with Gasteiger partial charge < -0.3 is 0 Å². The Morgan fingerprint density at radius 3 is 2.50 bits per heavy atom. The van der Waals surface area contributed by atoms with Crippen molar-refractivity contribution in [2.45, 2.75) is 70.4 Å². The van der Waals surface area contributed by atoms with Gasteiger partial charge in [0.2, 0.25) is 0 Å². The SMILES string of the molecule is CC1CCCC[N+]1(c1cccs1)C1CCCCC1. The Balaban J connectivity index is 1.96. The van der Waals surface area contributed by atoms with Gasteiger partial charge in [0.25, 0.3) is 0 Å². The first kappa shape index (κ1) is 12.7. The van der Waals surface area contributed by atoms with Crippen LogP contribution in [0.4, 0.5) is 5.00 Å². The molecule has 1 aliphatic carbocycles. The molecule has 1 nitrogen and oxygen atoms in total. The number of hydrogen-bond acceptors (Lipinski definition) is 1. The van der Waals surface area contributed by atoms with Crippen LogP contribution < -0.4 is 4.48 Å². The molecule has 2 fully saturated rings. The molecule has 1 aromatic rings. The summed E-state index contributed by atoms with van der Waals surface area (Å²) in [6.07, 6.45) is 11.6. The van der Waals surface area contributed by atoms with Crippen molar-refractivity contribution in [3.05, 3.63) is 17.5 Å². The number of thiophene rings is 1. The molecule has 0 N–H and O–H groups in total. The van der Waals surface area contributed by atoms with Gasteiger partial charge in [-0.1, -0.05) is 17.8 Å². The van der Waals surface area contributed by atoms with Crippen molar-refractivity contribution in [3.8, 4) is 0 Å². The van der Waals surface area contributed by atoms with Gasteiger partial charge in [-0.15, -0.1) is 0 Å². The lowest BCUT2D eigenvalue weighted by molar-refractivity contribution is 0.0897. The van der Waals surface area contributed by atoms with E-state index in [1.807, 2.05) is 11.3 Å². The number of rotatable bonds is 2. The first-order chi connectivity index (χ1) is 8.84. The average Bonchev–Trinajstić information content (AvgIpc) is 2.95. The molecule has 1 saturated heterocycles. The van der Waals surface area contributed by atoms with Crippen LogP contribution in [0.2, 0.25) is 0 Å². The highest BCUT2D eigenvalue weighted by molar-refractivity contribution is 7.13. The third kappa shape index (κ3) is 2.04. The minimum Gasteiger partial charge on any atom is -0.278 e. The molecule has 100 valence electrons. The molecule has 2 heterocycles. The molecule has 1 aliphatic heterocycles. The van der Waals surface area contributed by atoms with Gasteiger partial charge in [-0.25, -0.2) is 0 Å².